The van der Waals surface area contributed by atoms with Crippen molar-refractivity contribution in [3.63, 3.8) is 0 Å². The first-order chi connectivity index (χ1) is 14.6. The number of carbonyl (C=O) groups is 2. The highest BCUT2D eigenvalue weighted by molar-refractivity contribution is 5.99. The number of rotatable bonds is 8. The van der Waals surface area contributed by atoms with Crippen LogP contribution in [-0.2, 0) is 14.3 Å². The third-order valence-corrected chi connectivity index (χ3v) is 4.57. The van der Waals surface area contributed by atoms with E-state index >= 15 is 0 Å². The van der Waals surface area contributed by atoms with Crippen LogP contribution in [0.3, 0.4) is 0 Å². The summed E-state index contributed by atoms with van der Waals surface area (Å²) in [6.07, 6.45) is 0. The third kappa shape index (κ3) is 6.59. The number of nitrogens with zero attached hydrogens (tertiary/aromatic N) is 2. The van der Waals surface area contributed by atoms with E-state index in [2.05, 4.69) is 15.8 Å². The molecule has 0 bridgehead atoms. The lowest BCUT2D eigenvalue weighted by Gasteiger charge is -2.26. The molecule has 0 saturated carbocycles. The van der Waals surface area contributed by atoms with Gasteiger partial charge in [-0.25, -0.2) is 5.43 Å². The first-order valence-corrected chi connectivity index (χ1v) is 9.82. The van der Waals surface area contributed by atoms with Crippen LogP contribution in [0.4, 0.5) is 5.69 Å². The van der Waals surface area contributed by atoms with Crippen molar-refractivity contribution in [2.45, 2.75) is 6.92 Å². The third-order valence-electron chi connectivity index (χ3n) is 4.57. The summed E-state index contributed by atoms with van der Waals surface area (Å²) in [5, 5.41) is 7.16. The maximum atomic E-state index is 12.1. The molecule has 0 aromatic heterocycles. The molecule has 0 radical (unpaired) electrons. The van der Waals surface area contributed by atoms with Crippen molar-refractivity contribution in [2.75, 3.05) is 44.8 Å². The average molecular weight is 410 g/mol. The second kappa shape index (κ2) is 11.0. The predicted octanol–water partition coefficient (Wildman–Crippen LogP) is 1.88. The van der Waals surface area contributed by atoms with Gasteiger partial charge in [-0.1, -0.05) is 18.2 Å². The van der Waals surface area contributed by atoms with E-state index in [1.165, 1.54) is 0 Å². The van der Waals surface area contributed by atoms with Gasteiger partial charge in [0, 0.05) is 18.8 Å². The van der Waals surface area contributed by atoms with Gasteiger partial charge in [0.25, 0.3) is 11.8 Å². The van der Waals surface area contributed by atoms with Crippen LogP contribution in [0.25, 0.3) is 0 Å². The van der Waals surface area contributed by atoms with Gasteiger partial charge < -0.3 is 19.7 Å². The van der Waals surface area contributed by atoms with Crippen molar-refractivity contribution in [3.05, 3.63) is 60.2 Å². The average Bonchev–Trinajstić information content (AvgIpc) is 2.81. The van der Waals surface area contributed by atoms with E-state index in [9.17, 15) is 9.59 Å². The van der Waals surface area contributed by atoms with Crippen LogP contribution in [-0.4, -0.2) is 61.9 Å². The van der Waals surface area contributed by atoms with E-state index in [-0.39, 0.29) is 25.0 Å². The summed E-state index contributed by atoms with van der Waals surface area (Å²) in [7, 11) is 0. The molecule has 1 aliphatic heterocycles. The smallest absolute Gasteiger partial charge is 0.260 e. The number of amides is 2. The highest BCUT2D eigenvalue weighted by Gasteiger charge is 2.17. The zero-order valence-electron chi connectivity index (χ0n) is 17.0. The first kappa shape index (κ1) is 21.3. The van der Waals surface area contributed by atoms with E-state index in [0.29, 0.717) is 37.8 Å². The lowest BCUT2D eigenvalue weighted by Crippen LogP contribution is -2.42. The number of carbonyl (C=O) groups excluding carboxylic acids is 2. The van der Waals surface area contributed by atoms with E-state index in [4.69, 9.17) is 9.47 Å². The van der Waals surface area contributed by atoms with Crippen LogP contribution < -0.4 is 15.5 Å². The molecule has 158 valence electrons. The number of anilines is 1. The molecule has 0 atom stereocenters. The Morgan fingerprint density at radius 1 is 1.07 bits per heavy atom. The van der Waals surface area contributed by atoms with Gasteiger partial charge in [0.1, 0.15) is 5.75 Å². The Hall–Kier alpha value is -3.39. The number of morpholine rings is 1. The number of hydrazone groups is 1. The number of hydrogen-bond acceptors (Lipinski definition) is 6. The molecule has 0 spiro atoms. The fraction of sp³-hybridized carbons (Fsp3) is 0.318. The highest BCUT2D eigenvalue weighted by atomic mass is 16.5. The lowest BCUT2D eigenvalue weighted by molar-refractivity contribution is -0.137. The molecule has 1 heterocycles. The van der Waals surface area contributed by atoms with Gasteiger partial charge in [0.2, 0.25) is 0 Å². The van der Waals surface area contributed by atoms with E-state index in [1.807, 2.05) is 49.4 Å². The fourth-order valence-corrected chi connectivity index (χ4v) is 2.83. The van der Waals surface area contributed by atoms with Crippen molar-refractivity contribution in [1.82, 2.24) is 10.3 Å². The van der Waals surface area contributed by atoms with Crippen LogP contribution >= 0.6 is 0 Å². The van der Waals surface area contributed by atoms with Crippen molar-refractivity contribution in [3.8, 4) is 5.75 Å². The fourth-order valence-electron chi connectivity index (χ4n) is 2.83. The molecule has 3 rings (SSSR count). The van der Waals surface area contributed by atoms with Gasteiger partial charge in [0.15, 0.2) is 6.61 Å². The molecule has 1 saturated heterocycles. The Balaban J connectivity index is 1.43. The molecule has 2 aromatic rings. The normalized spacial score (nSPS) is 14.2. The van der Waals surface area contributed by atoms with Crippen LogP contribution in [0.2, 0.25) is 0 Å². The number of benzene rings is 2. The van der Waals surface area contributed by atoms with Crippen molar-refractivity contribution in [2.24, 2.45) is 5.10 Å². The Bertz CT molecular complexity index is 862. The Labute approximate surface area is 175 Å². The quantitative estimate of drug-likeness (QED) is 0.512. The Morgan fingerprint density at radius 2 is 1.77 bits per heavy atom. The molecule has 1 aliphatic rings. The molecule has 0 aliphatic carbocycles. The Morgan fingerprint density at radius 3 is 2.47 bits per heavy atom. The molecular weight excluding hydrogens is 384 g/mol. The van der Waals surface area contributed by atoms with Gasteiger partial charge >= 0.3 is 0 Å². The van der Waals surface area contributed by atoms with Crippen molar-refractivity contribution < 1.29 is 19.1 Å². The van der Waals surface area contributed by atoms with Crippen LogP contribution in [0.1, 0.15) is 12.5 Å². The van der Waals surface area contributed by atoms with Gasteiger partial charge in [0.05, 0.1) is 25.5 Å². The molecule has 1 fully saturated rings. The molecular formula is C22H26N4O4. The van der Waals surface area contributed by atoms with Crippen LogP contribution in [0.15, 0.2) is 59.7 Å². The maximum Gasteiger partial charge on any atom is 0.260 e. The van der Waals surface area contributed by atoms with Crippen LogP contribution in [0, 0.1) is 0 Å². The number of ether oxygens (including phenoxy) is 2. The molecule has 30 heavy (non-hydrogen) atoms. The van der Waals surface area contributed by atoms with Gasteiger partial charge in [-0.3, -0.25) is 9.59 Å². The standard InChI is InChI=1S/C22H26N4O4/c1-17(24-25-21(27)15-23-19-5-3-2-4-6-19)18-7-9-20(10-8-18)30-16-22(28)26-11-13-29-14-12-26/h2-10,23H,11-16H2,1H3,(H,25,27)/b24-17-. The molecule has 2 aromatic carbocycles. The SMILES string of the molecule is C/C(=N/NC(=O)CNc1ccccc1)c1ccc(OCC(=O)N2CCOCC2)cc1. The summed E-state index contributed by atoms with van der Waals surface area (Å²) in [6.45, 7) is 4.27. The monoisotopic (exact) mass is 410 g/mol. The first-order valence-electron chi connectivity index (χ1n) is 9.82. The molecule has 8 nitrogen and oxygen atoms in total. The molecule has 0 unspecified atom stereocenters. The Kier molecular flexibility index (Phi) is 7.79. The summed E-state index contributed by atoms with van der Waals surface area (Å²) in [5.41, 5.74) is 4.92. The lowest BCUT2D eigenvalue weighted by atomic mass is 10.1. The van der Waals surface area contributed by atoms with Gasteiger partial charge in [-0.15, -0.1) is 0 Å². The molecule has 2 N–H and O–H groups in total. The second-order valence-corrected chi connectivity index (χ2v) is 6.76. The summed E-state index contributed by atoms with van der Waals surface area (Å²) < 4.78 is 10.8. The highest BCUT2D eigenvalue weighted by Crippen LogP contribution is 2.13. The maximum absolute atomic E-state index is 12.1. The topological polar surface area (TPSA) is 92.3 Å². The zero-order valence-corrected chi connectivity index (χ0v) is 17.0. The largest absolute Gasteiger partial charge is 0.484 e. The minimum absolute atomic E-state index is 0.00309. The minimum Gasteiger partial charge on any atom is -0.484 e. The van der Waals surface area contributed by atoms with Crippen molar-refractivity contribution >= 4 is 23.2 Å². The number of nitrogens with one attached hydrogen (secondary N) is 2. The summed E-state index contributed by atoms with van der Waals surface area (Å²) in [6, 6.07) is 16.7. The van der Waals surface area contributed by atoms with Gasteiger partial charge in [-0.05, 0) is 48.9 Å². The van der Waals surface area contributed by atoms with Crippen LogP contribution in [0.5, 0.6) is 5.75 Å². The van der Waals surface area contributed by atoms with E-state index in [0.717, 1.165) is 11.3 Å². The molecule has 2 amide bonds. The minimum atomic E-state index is -0.236. The summed E-state index contributed by atoms with van der Waals surface area (Å²) >= 11 is 0. The number of para-hydroxylation sites is 1. The van der Waals surface area contributed by atoms with Gasteiger partial charge in [-0.2, -0.15) is 5.10 Å². The molecule has 8 heteroatoms. The van der Waals surface area contributed by atoms with Crippen molar-refractivity contribution in [1.29, 1.82) is 0 Å². The number of hydrogen-bond donors (Lipinski definition) is 2. The van der Waals surface area contributed by atoms with E-state index in [1.54, 1.807) is 17.0 Å². The second-order valence-electron chi connectivity index (χ2n) is 6.76. The van der Waals surface area contributed by atoms with E-state index < -0.39 is 0 Å². The zero-order chi connectivity index (χ0) is 21.2. The summed E-state index contributed by atoms with van der Waals surface area (Å²) in [5.74, 6) is 0.316. The summed E-state index contributed by atoms with van der Waals surface area (Å²) in [4.78, 5) is 25.8. The predicted molar refractivity (Wildman–Crippen MR) is 115 cm³/mol.